The topological polar surface area (TPSA) is 82.4 Å². The van der Waals surface area contributed by atoms with E-state index < -0.39 is 11.2 Å². The molecule has 0 bridgehead atoms. The van der Waals surface area contributed by atoms with E-state index >= 15 is 0 Å². The summed E-state index contributed by atoms with van der Waals surface area (Å²) in [6.07, 6.45) is 0. The number of thioether (sulfide) groups is 1. The molecule has 124 valence electrons. The van der Waals surface area contributed by atoms with Gasteiger partial charge in [0.25, 0.3) is 5.56 Å². The highest BCUT2D eigenvalue weighted by Gasteiger charge is 2.23. The highest BCUT2D eigenvalue weighted by molar-refractivity contribution is 8.14. The smallest absolute Gasteiger partial charge is 0.332 e. The highest BCUT2D eigenvalue weighted by Crippen LogP contribution is 2.22. The van der Waals surface area contributed by atoms with E-state index in [1.165, 1.54) is 23.4 Å². The average Bonchev–Trinajstić information content (AvgIpc) is 2.39. The van der Waals surface area contributed by atoms with Crippen LogP contribution in [-0.4, -0.2) is 26.5 Å². The fraction of sp³-hybridized carbons (Fsp3) is 0.667. The zero-order chi connectivity index (χ0) is 17.2. The van der Waals surface area contributed by atoms with Gasteiger partial charge in [0.1, 0.15) is 16.4 Å². The number of rotatable bonds is 3. The molecule has 1 rings (SSSR count). The lowest BCUT2D eigenvalue weighted by Crippen LogP contribution is -2.44. The monoisotopic (exact) mass is 326 g/mol. The van der Waals surface area contributed by atoms with E-state index in [-0.39, 0.29) is 16.5 Å². The Bertz CT molecular complexity index is 693. The first-order chi connectivity index (χ1) is 9.99. The molecular formula is C15H26N4O2S. The Kier molecular flexibility index (Phi) is 5.67. The molecule has 0 saturated carbocycles. The molecule has 6 nitrogen and oxygen atoms in total. The van der Waals surface area contributed by atoms with Crippen LogP contribution in [-0.2, 0) is 13.6 Å². The first-order valence-electron chi connectivity index (χ1n) is 7.22. The number of nitrogens with two attached hydrogens (primary N) is 1. The summed E-state index contributed by atoms with van der Waals surface area (Å²) in [7, 11) is 3.10. The molecule has 1 heterocycles. The van der Waals surface area contributed by atoms with Gasteiger partial charge in [-0.25, -0.2) is 4.79 Å². The third-order valence-electron chi connectivity index (χ3n) is 2.98. The summed E-state index contributed by atoms with van der Waals surface area (Å²) in [5, 5.41) is 0.821. The molecule has 0 unspecified atom stereocenters. The van der Waals surface area contributed by atoms with E-state index in [1.807, 2.05) is 34.6 Å². The van der Waals surface area contributed by atoms with Crippen molar-refractivity contribution in [1.82, 2.24) is 9.13 Å². The Morgan fingerprint density at radius 2 is 1.86 bits per heavy atom. The predicted octanol–water partition coefficient (Wildman–Crippen LogP) is 1.69. The maximum absolute atomic E-state index is 12.5. The minimum atomic E-state index is -0.401. The van der Waals surface area contributed by atoms with Crippen molar-refractivity contribution >= 4 is 22.6 Å². The van der Waals surface area contributed by atoms with Crippen molar-refractivity contribution in [3.8, 4) is 0 Å². The van der Waals surface area contributed by atoms with Gasteiger partial charge in [-0.1, -0.05) is 34.6 Å². The van der Waals surface area contributed by atoms with Gasteiger partial charge in [-0.05, 0) is 5.41 Å². The van der Waals surface area contributed by atoms with Crippen LogP contribution >= 0.6 is 11.8 Å². The molecule has 0 atom stereocenters. The Labute approximate surface area is 135 Å². The second kappa shape index (κ2) is 6.73. The molecule has 1 aromatic heterocycles. The van der Waals surface area contributed by atoms with Crippen LogP contribution in [0.1, 0.15) is 40.2 Å². The van der Waals surface area contributed by atoms with Crippen LogP contribution in [0.2, 0.25) is 0 Å². The maximum Gasteiger partial charge on any atom is 0.332 e. The second-order valence-electron chi connectivity index (χ2n) is 6.75. The minimum Gasteiger partial charge on any atom is -0.384 e. The maximum atomic E-state index is 12.5. The van der Waals surface area contributed by atoms with Gasteiger partial charge in [0.15, 0.2) is 0 Å². The normalized spacial score (nSPS) is 13.0. The molecule has 0 fully saturated rings. The Balaban J connectivity index is 3.66. The lowest BCUT2D eigenvalue weighted by atomic mass is 9.97. The van der Waals surface area contributed by atoms with Gasteiger partial charge in [-0.2, -0.15) is 0 Å². The molecule has 0 spiro atoms. The second-order valence-corrected chi connectivity index (χ2v) is 8.31. The first kappa shape index (κ1) is 18.5. The molecule has 22 heavy (non-hydrogen) atoms. The summed E-state index contributed by atoms with van der Waals surface area (Å²) in [4.78, 5) is 29.1. The van der Waals surface area contributed by atoms with Crippen LogP contribution in [0.5, 0.6) is 0 Å². The summed E-state index contributed by atoms with van der Waals surface area (Å²) in [5.74, 6) is 0.191. The predicted molar refractivity (Wildman–Crippen MR) is 95.0 cm³/mol. The zero-order valence-electron chi connectivity index (χ0n) is 14.4. The summed E-state index contributed by atoms with van der Waals surface area (Å²) in [5.41, 5.74) is 5.55. The third kappa shape index (κ3) is 4.03. The number of anilines is 1. The number of nitrogen functional groups attached to an aromatic ring is 1. The van der Waals surface area contributed by atoms with E-state index in [4.69, 9.17) is 5.73 Å². The van der Waals surface area contributed by atoms with Crippen LogP contribution in [0, 0.1) is 5.41 Å². The van der Waals surface area contributed by atoms with Gasteiger partial charge in [0.2, 0.25) is 0 Å². The van der Waals surface area contributed by atoms with Gasteiger partial charge >= 0.3 is 5.69 Å². The van der Waals surface area contributed by atoms with E-state index in [0.29, 0.717) is 17.2 Å². The fourth-order valence-electron chi connectivity index (χ4n) is 2.06. The molecule has 2 N–H and O–H groups in total. The molecule has 0 aliphatic rings. The van der Waals surface area contributed by atoms with Gasteiger partial charge in [-0.15, -0.1) is 11.8 Å². The summed E-state index contributed by atoms with van der Waals surface area (Å²) < 4.78 is 2.56. The van der Waals surface area contributed by atoms with E-state index in [9.17, 15) is 9.59 Å². The molecule has 0 aromatic carbocycles. The largest absolute Gasteiger partial charge is 0.384 e. The van der Waals surface area contributed by atoms with Crippen molar-refractivity contribution in [1.29, 1.82) is 0 Å². The van der Waals surface area contributed by atoms with Crippen molar-refractivity contribution in [2.45, 2.75) is 46.4 Å². The summed E-state index contributed by atoms with van der Waals surface area (Å²) >= 11 is 1.46. The molecule has 0 saturated heterocycles. The first-order valence-corrected chi connectivity index (χ1v) is 8.10. The molecule has 7 heteroatoms. The molecular weight excluding hydrogens is 300 g/mol. The lowest BCUT2D eigenvalue weighted by molar-refractivity contribution is 0.334. The Morgan fingerprint density at radius 3 is 2.27 bits per heavy atom. The number of nitrogens with zero attached hydrogens (tertiary/aromatic N) is 3. The fourth-order valence-corrected chi connectivity index (χ4v) is 2.92. The van der Waals surface area contributed by atoms with Gasteiger partial charge < -0.3 is 5.73 Å². The minimum absolute atomic E-state index is 0.138. The number of aliphatic imine (C=N–C) groups is 1. The van der Waals surface area contributed by atoms with E-state index in [0.717, 1.165) is 4.57 Å². The van der Waals surface area contributed by atoms with Crippen molar-refractivity contribution in [2.24, 2.45) is 17.5 Å². The number of hydrogen-bond donors (Lipinski definition) is 1. The Hall–Kier alpha value is -1.50. The van der Waals surface area contributed by atoms with Gasteiger partial charge in [0, 0.05) is 25.9 Å². The van der Waals surface area contributed by atoms with Crippen LogP contribution in [0.25, 0.3) is 0 Å². The lowest BCUT2D eigenvalue weighted by Gasteiger charge is -2.23. The highest BCUT2D eigenvalue weighted by atomic mass is 32.2. The van der Waals surface area contributed by atoms with Gasteiger partial charge in [0.05, 0.1) is 0 Å². The van der Waals surface area contributed by atoms with Crippen molar-refractivity contribution in [3.05, 3.63) is 26.4 Å². The quantitative estimate of drug-likeness (QED) is 0.677. The van der Waals surface area contributed by atoms with Crippen molar-refractivity contribution < 1.29 is 0 Å². The SMILES string of the molecule is CN=C(SC(C)C)c1c(N)n(CC(C)(C)C)c(=O)n(C)c1=O. The summed E-state index contributed by atoms with van der Waals surface area (Å²) in [6.45, 7) is 10.5. The number of hydrogen-bond acceptors (Lipinski definition) is 5. The van der Waals surface area contributed by atoms with Crippen LogP contribution in [0.4, 0.5) is 5.82 Å². The number of aromatic nitrogens is 2. The van der Waals surface area contributed by atoms with Crippen molar-refractivity contribution in [3.63, 3.8) is 0 Å². The third-order valence-corrected chi connectivity index (χ3v) is 4.06. The molecule has 0 radical (unpaired) electrons. The molecule has 0 aliphatic heterocycles. The van der Waals surface area contributed by atoms with Crippen LogP contribution in [0.15, 0.2) is 14.6 Å². The van der Waals surface area contributed by atoms with Crippen LogP contribution in [0.3, 0.4) is 0 Å². The van der Waals surface area contributed by atoms with Crippen LogP contribution < -0.4 is 17.0 Å². The van der Waals surface area contributed by atoms with Gasteiger partial charge in [-0.3, -0.25) is 18.9 Å². The zero-order valence-corrected chi connectivity index (χ0v) is 15.2. The Morgan fingerprint density at radius 1 is 1.32 bits per heavy atom. The average molecular weight is 326 g/mol. The summed E-state index contributed by atoms with van der Waals surface area (Å²) in [6, 6.07) is 0. The van der Waals surface area contributed by atoms with E-state index in [1.54, 1.807) is 7.05 Å². The molecule has 0 amide bonds. The standard InChI is InChI=1S/C15H26N4O2S/c1-9(2)22-12(17-6)10-11(16)19(8-15(3,4)5)14(21)18(7)13(10)20/h9H,8,16H2,1-7H3. The molecule has 0 aliphatic carbocycles. The van der Waals surface area contributed by atoms with E-state index in [2.05, 4.69) is 4.99 Å². The molecule has 1 aromatic rings. The van der Waals surface area contributed by atoms with Crippen molar-refractivity contribution in [2.75, 3.05) is 12.8 Å².